The van der Waals surface area contributed by atoms with Crippen LogP contribution in [0.4, 0.5) is 8.78 Å². The highest BCUT2D eigenvalue weighted by Crippen LogP contribution is 2.38. The molecule has 0 aliphatic heterocycles. The molecule has 0 bridgehead atoms. The highest BCUT2D eigenvalue weighted by atomic mass is 79.9. The predicted molar refractivity (Wildman–Crippen MR) is 166 cm³/mol. The molecule has 1 amide bonds. The normalized spacial score (nSPS) is 11.4. The molecule has 14 heteroatoms. The molecule has 43 heavy (non-hydrogen) atoms. The number of benzene rings is 2. The fourth-order valence-electron chi connectivity index (χ4n) is 4.04. The average molecular weight is 729 g/mol. The van der Waals surface area contributed by atoms with E-state index in [-0.39, 0.29) is 6.42 Å². The van der Waals surface area contributed by atoms with Crippen LogP contribution in [0.2, 0.25) is 20.1 Å². The number of nitrogens with zero attached hydrogens (tertiary/aromatic N) is 3. The molecule has 0 unspecified atom stereocenters. The third-order valence-electron chi connectivity index (χ3n) is 6.00. The minimum Gasteiger partial charge on any atom is -0.480 e. The van der Waals surface area contributed by atoms with E-state index in [1.165, 1.54) is 24.8 Å². The van der Waals surface area contributed by atoms with Crippen LogP contribution in [0.25, 0.3) is 22.0 Å². The summed E-state index contributed by atoms with van der Waals surface area (Å²) in [7, 11) is 0. The minimum atomic E-state index is -1.46. The Morgan fingerprint density at radius 2 is 1.44 bits per heavy atom. The van der Waals surface area contributed by atoms with Gasteiger partial charge in [-0.05, 0) is 39.7 Å². The Morgan fingerprint density at radius 3 is 2.00 bits per heavy atom. The SMILES string of the molecule is Clc1cncc(Cl)c1Br.O=C(N[C@@H](Cc1ccc(-c2c(Cl)cncc2Cl)c2ncccc12)C(=O)O)c1c(F)cccc1F. The number of amides is 1. The summed E-state index contributed by atoms with van der Waals surface area (Å²) in [5, 5.41) is 14.2. The summed E-state index contributed by atoms with van der Waals surface area (Å²) in [5.74, 6) is -4.72. The maximum atomic E-state index is 14.0. The van der Waals surface area contributed by atoms with Crippen LogP contribution >= 0.6 is 62.3 Å². The molecule has 0 aliphatic rings. The molecule has 0 saturated heterocycles. The molecule has 7 nitrogen and oxygen atoms in total. The van der Waals surface area contributed by atoms with Crippen molar-refractivity contribution < 1.29 is 23.5 Å². The zero-order chi connectivity index (χ0) is 31.3. The molecular weight excluding hydrogens is 712 g/mol. The number of aromatic nitrogens is 3. The number of rotatable bonds is 6. The predicted octanol–water partition coefficient (Wildman–Crippen LogP) is 8.46. The van der Waals surface area contributed by atoms with Crippen molar-refractivity contribution in [2.75, 3.05) is 0 Å². The highest BCUT2D eigenvalue weighted by Gasteiger charge is 2.26. The first-order valence-electron chi connectivity index (χ1n) is 12.1. The van der Waals surface area contributed by atoms with E-state index in [2.05, 4.69) is 36.2 Å². The van der Waals surface area contributed by atoms with Gasteiger partial charge in [0, 0.05) is 53.9 Å². The first-order valence-corrected chi connectivity index (χ1v) is 14.4. The summed E-state index contributed by atoms with van der Waals surface area (Å²) >= 11 is 27.0. The van der Waals surface area contributed by atoms with E-state index < -0.39 is 35.1 Å². The lowest BCUT2D eigenvalue weighted by atomic mass is 9.95. The molecule has 0 spiro atoms. The second-order valence-electron chi connectivity index (χ2n) is 8.73. The standard InChI is InChI=1S/C24H15Cl2F2N3O3.C5H2BrCl2N/c25-15-10-29-11-16(26)20(15)14-7-6-12(13-3-2-8-30-22(13)14)9-19(24(33)34)31-23(32)21-17(27)4-1-5-18(21)28;6-5-3(7)1-9-2-4(5)8/h1-8,10-11,19H,9H2,(H,31,32)(H,33,34);1-2H/t19-;/m0./s1. The van der Waals surface area contributed by atoms with E-state index in [1.807, 2.05) is 0 Å². The topological polar surface area (TPSA) is 105 Å². The van der Waals surface area contributed by atoms with Crippen molar-refractivity contribution in [1.29, 1.82) is 0 Å². The van der Waals surface area contributed by atoms with Crippen LogP contribution in [0, 0.1) is 11.6 Å². The summed E-state index contributed by atoms with van der Waals surface area (Å²) in [6, 6.07) is 8.25. The number of pyridine rings is 3. The lowest BCUT2D eigenvalue weighted by Gasteiger charge is -2.18. The van der Waals surface area contributed by atoms with Crippen LogP contribution in [0.1, 0.15) is 15.9 Å². The number of aliphatic carboxylic acids is 1. The lowest BCUT2D eigenvalue weighted by molar-refractivity contribution is -0.139. The molecule has 2 N–H and O–H groups in total. The molecule has 5 aromatic rings. The largest absolute Gasteiger partial charge is 0.480 e. The van der Waals surface area contributed by atoms with E-state index in [0.29, 0.717) is 52.2 Å². The summed E-state index contributed by atoms with van der Waals surface area (Å²) in [5.41, 5.74) is 1.32. The van der Waals surface area contributed by atoms with E-state index in [4.69, 9.17) is 46.4 Å². The zero-order valence-corrected chi connectivity index (χ0v) is 26.1. The molecule has 220 valence electrons. The minimum absolute atomic E-state index is 0.169. The maximum Gasteiger partial charge on any atom is 0.326 e. The number of carboxylic acids is 1. The van der Waals surface area contributed by atoms with Crippen LogP contribution in [0.3, 0.4) is 0 Å². The molecular formula is C29H17BrCl4F2N4O3. The number of carbonyl (C=O) groups excluding carboxylic acids is 1. The molecule has 0 saturated carbocycles. The quantitative estimate of drug-likeness (QED) is 0.182. The lowest BCUT2D eigenvalue weighted by Crippen LogP contribution is -2.43. The molecule has 1 atom stereocenters. The van der Waals surface area contributed by atoms with Gasteiger partial charge in [0.1, 0.15) is 23.2 Å². The van der Waals surface area contributed by atoms with Gasteiger partial charge in [-0.3, -0.25) is 19.7 Å². The Hall–Kier alpha value is -3.41. The molecule has 0 fully saturated rings. The van der Waals surface area contributed by atoms with Crippen molar-refractivity contribution in [3.05, 3.63) is 121 Å². The Labute approximate surface area is 271 Å². The fourth-order valence-corrected chi connectivity index (χ4v) is 5.18. The number of fused-ring (bicyclic) bond motifs is 1. The highest BCUT2D eigenvalue weighted by molar-refractivity contribution is 9.10. The van der Waals surface area contributed by atoms with Gasteiger partial charge in [-0.25, -0.2) is 13.6 Å². The van der Waals surface area contributed by atoms with Gasteiger partial charge >= 0.3 is 5.97 Å². The first-order chi connectivity index (χ1) is 20.5. The van der Waals surface area contributed by atoms with Crippen molar-refractivity contribution in [3.63, 3.8) is 0 Å². The molecule has 3 aromatic heterocycles. The number of carbonyl (C=O) groups is 2. The summed E-state index contributed by atoms with van der Waals surface area (Å²) in [6.07, 6.45) is 7.34. The second-order valence-corrected chi connectivity index (χ2v) is 11.2. The van der Waals surface area contributed by atoms with E-state index in [9.17, 15) is 23.5 Å². The molecule has 5 rings (SSSR count). The molecule has 0 radical (unpaired) electrons. The van der Waals surface area contributed by atoms with Gasteiger partial charge in [0.15, 0.2) is 0 Å². The Kier molecular flexibility index (Phi) is 10.9. The van der Waals surface area contributed by atoms with E-state index >= 15 is 0 Å². The van der Waals surface area contributed by atoms with Crippen LogP contribution in [-0.4, -0.2) is 38.0 Å². The molecule has 0 aliphatic carbocycles. The third-order valence-corrected chi connectivity index (χ3v) is 8.45. The number of carboxylic acid groups (broad SMARTS) is 1. The second kappa shape index (κ2) is 14.4. The number of nitrogens with one attached hydrogen (secondary N) is 1. The average Bonchev–Trinajstić information content (AvgIpc) is 2.96. The van der Waals surface area contributed by atoms with Crippen molar-refractivity contribution >= 4 is 85.1 Å². The summed E-state index contributed by atoms with van der Waals surface area (Å²) < 4.78 is 28.6. The Balaban J connectivity index is 0.000000403. The van der Waals surface area contributed by atoms with Gasteiger partial charge < -0.3 is 10.4 Å². The van der Waals surface area contributed by atoms with Gasteiger partial charge in [0.2, 0.25) is 0 Å². The van der Waals surface area contributed by atoms with Crippen molar-refractivity contribution in [1.82, 2.24) is 20.3 Å². The van der Waals surface area contributed by atoms with Gasteiger partial charge in [0.25, 0.3) is 5.91 Å². The van der Waals surface area contributed by atoms with E-state index in [0.717, 1.165) is 18.2 Å². The number of hydrogen-bond acceptors (Lipinski definition) is 5. The van der Waals surface area contributed by atoms with Gasteiger partial charge in [0.05, 0.1) is 30.1 Å². The monoisotopic (exact) mass is 726 g/mol. The third kappa shape index (κ3) is 7.57. The van der Waals surface area contributed by atoms with Gasteiger partial charge in [-0.1, -0.05) is 70.7 Å². The van der Waals surface area contributed by atoms with Gasteiger partial charge in [-0.15, -0.1) is 0 Å². The van der Waals surface area contributed by atoms with Gasteiger partial charge in [-0.2, -0.15) is 0 Å². The van der Waals surface area contributed by atoms with Crippen LogP contribution < -0.4 is 5.32 Å². The smallest absolute Gasteiger partial charge is 0.326 e. The van der Waals surface area contributed by atoms with Crippen molar-refractivity contribution in [2.24, 2.45) is 0 Å². The number of halogens is 7. The number of hydrogen-bond donors (Lipinski definition) is 2. The zero-order valence-electron chi connectivity index (χ0n) is 21.5. The van der Waals surface area contributed by atoms with Crippen molar-refractivity contribution in [3.8, 4) is 11.1 Å². The van der Waals surface area contributed by atoms with Crippen LogP contribution in [-0.2, 0) is 11.2 Å². The van der Waals surface area contributed by atoms with Crippen LogP contribution in [0.5, 0.6) is 0 Å². The van der Waals surface area contributed by atoms with E-state index in [1.54, 1.807) is 30.5 Å². The fraction of sp³-hybridized carbons (Fsp3) is 0.0690. The van der Waals surface area contributed by atoms with Crippen molar-refractivity contribution in [2.45, 2.75) is 12.5 Å². The molecule has 2 aromatic carbocycles. The maximum absolute atomic E-state index is 14.0. The van der Waals surface area contributed by atoms with Crippen LogP contribution in [0.15, 0.2) is 77.9 Å². The molecule has 3 heterocycles. The Morgan fingerprint density at radius 1 is 0.860 bits per heavy atom. The Bertz CT molecular complexity index is 1790. The summed E-state index contributed by atoms with van der Waals surface area (Å²) in [4.78, 5) is 36.5. The summed E-state index contributed by atoms with van der Waals surface area (Å²) in [6.45, 7) is 0. The first kappa shape index (κ1) is 32.5.